The third-order valence-corrected chi connectivity index (χ3v) is 9.47. The van der Waals surface area contributed by atoms with Crippen LogP contribution in [0.4, 0.5) is 10.2 Å². The van der Waals surface area contributed by atoms with Crippen molar-refractivity contribution in [2.24, 2.45) is 0 Å². The van der Waals surface area contributed by atoms with Gasteiger partial charge < -0.3 is 15.0 Å². The number of methoxy groups -OCH3 is 1. The zero-order valence-corrected chi connectivity index (χ0v) is 23.9. The van der Waals surface area contributed by atoms with Gasteiger partial charge in [-0.2, -0.15) is 9.97 Å². The fourth-order valence-corrected chi connectivity index (χ4v) is 7.58. The molecule has 7 rings (SSSR count). The van der Waals surface area contributed by atoms with E-state index in [0.29, 0.717) is 36.7 Å². The minimum atomic E-state index is -0.518. The maximum absolute atomic E-state index is 12.6. The van der Waals surface area contributed by atoms with Gasteiger partial charge in [-0.25, -0.2) is 4.39 Å². The summed E-state index contributed by atoms with van der Waals surface area (Å²) in [5, 5.41) is 3.73. The van der Waals surface area contributed by atoms with E-state index in [4.69, 9.17) is 14.7 Å². The highest BCUT2D eigenvalue weighted by Crippen LogP contribution is 2.38. The SMILES string of the molecule is CCCc1ccccc1C1Cc2nc(OC)nc(N3CC4CCC(C3)N4)c2CN1C.FC1CC2CCCN2C1. The number of nitrogens with zero attached hydrogens (tertiary/aromatic N) is 5. The molecule has 4 fully saturated rings. The molecule has 0 saturated carbocycles. The minimum Gasteiger partial charge on any atom is -0.467 e. The van der Waals surface area contributed by atoms with Gasteiger partial charge in [-0.1, -0.05) is 37.6 Å². The molecular weight excluding hydrogens is 491 g/mol. The molecule has 39 heavy (non-hydrogen) atoms. The number of benzene rings is 1. The predicted molar refractivity (Wildman–Crippen MR) is 153 cm³/mol. The molecule has 7 nitrogen and oxygen atoms in total. The summed E-state index contributed by atoms with van der Waals surface area (Å²) in [4.78, 5) is 16.9. The van der Waals surface area contributed by atoms with Crippen LogP contribution in [0.25, 0.3) is 0 Å². The van der Waals surface area contributed by atoms with Crippen LogP contribution in [-0.2, 0) is 19.4 Å². The van der Waals surface area contributed by atoms with Gasteiger partial charge in [-0.15, -0.1) is 0 Å². The number of hydrogen-bond donors (Lipinski definition) is 1. The summed E-state index contributed by atoms with van der Waals surface area (Å²) in [5.41, 5.74) is 5.33. The van der Waals surface area contributed by atoms with E-state index in [1.54, 1.807) is 7.11 Å². The summed E-state index contributed by atoms with van der Waals surface area (Å²) in [7, 11) is 3.92. The van der Waals surface area contributed by atoms with Crippen molar-refractivity contribution in [3.8, 4) is 6.01 Å². The third-order valence-electron chi connectivity index (χ3n) is 9.47. The summed E-state index contributed by atoms with van der Waals surface area (Å²) < 4.78 is 18.1. The maximum atomic E-state index is 12.6. The molecule has 1 aromatic carbocycles. The molecule has 5 aliphatic heterocycles. The number of alkyl halides is 1. The number of anilines is 1. The van der Waals surface area contributed by atoms with Gasteiger partial charge in [-0.05, 0) is 63.2 Å². The average Bonchev–Trinajstić information content (AvgIpc) is 3.62. The van der Waals surface area contributed by atoms with Crippen molar-refractivity contribution in [1.82, 2.24) is 25.1 Å². The van der Waals surface area contributed by atoms with Crippen LogP contribution >= 0.6 is 0 Å². The van der Waals surface area contributed by atoms with Gasteiger partial charge >= 0.3 is 6.01 Å². The first-order valence-corrected chi connectivity index (χ1v) is 15.1. The molecule has 4 saturated heterocycles. The monoisotopic (exact) mass is 536 g/mol. The quantitative estimate of drug-likeness (QED) is 0.612. The second kappa shape index (κ2) is 11.7. The number of nitrogens with one attached hydrogen (secondary N) is 1. The van der Waals surface area contributed by atoms with Crippen molar-refractivity contribution >= 4 is 5.82 Å². The lowest BCUT2D eigenvalue weighted by Crippen LogP contribution is -2.52. The number of halogens is 1. The van der Waals surface area contributed by atoms with E-state index in [1.165, 1.54) is 42.4 Å². The molecule has 2 bridgehead atoms. The summed E-state index contributed by atoms with van der Waals surface area (Å²) in [6.45, 7) is 7.03. The van der Waals surface area contributed by atoms with Crippen LogP contribution in [-0.4, -0.2) is 84.4 Å². The number of likely N-dealkylation sites (N-methyl/N-ethyl adjacent to an activating group) is 1. The van der Waals surface area contributed by atoms with E-state index in [-0.39, 0.29) is 0 Å². The van der Waals surface area contributed by atoms with Crippen molar-refractivity contribution in [2.45, 2.75) is 95.2 Å². The molecule has 0 amide bonds. The van der Waals surface area contributed by atoms with Crippen LogP contribution in [0, 0.1) is 0 Å². The Labute approximate surface area is 233 Å². The molecule has 1 N–H and O–H groups in total. The summed E-state index contributed by atoms with van der Waals surface area (Å²) >= 11 is 0. The van der Waals surface area contributed by atoms with Crippen LogP contribution in [0.5, 0.6) is 6.01 Å². The highest BCUT2D eigenvalue weighted by atomic mass is 19.1. The predicted octanol–water partition coefficient (Wildman–Crippen LogP) is 4.30. The van der Waals surface area contributed by atoms with Gasteiger partial charge in [0.05, 0.1) is 12.8 Å². The molecule has 6 heterocycles. The average molecular weight is 537 g/mol. The molecule has 212 valence electrons. The molecule has 0 radical (unpaired) electrons. The van der Waals surface area contributed by atoms with Crippen molar-refractivity contribution in [3.05, 3.63) is 46.6 Å². The zero-order chi connectivity index (χ0) is 26.9. The van der Waals surface area contributed by atoms with Crippen molar-refractivity contribution in [1.29, 1.82) is 0 Å². The van der Waals surface area contributed by atoms with Crippen LogP contribution in [0.1, 0.15) is 73.9 Å². The van der Waals surface area contributed by atoms with Crippen molar-refractivity contribution < 1.29 is 9.13 Å². The lowest BCUT2D eigenvalue weighted by atomic mass is 9.89. The Kier molecular flexibility index (Phi) is 8.05. The summed E-state index contributed by atoms with van der Waals surface area (Å²) in [6, 6.07) is 11.5. The Morgan fingerprint density at radius 1 is 1.08 bits per heavy atom. The highest BCUT2D eigenvalue weighted by molar-refractivity contribution is 5.53. The van der Waals surface area contributed by atoms with Crippen LogP contribution < -0.4 is 15.0 Å². The third kappa shape index (κ3) is 5.66. The Morgan fingerprint density at radius 2 is 1.87 bits per heavy atom. The van der Waals surface area contributed by atoms with Crippen LogP contribution in [0.3, 0.4) is 0 Å². The smallest absolute Gasteiger partial charge is 0.318 e. The second-order valence-electron chi connectivity index (χ2n) is 12.2. The van der Waals surface area contributed by atoms with Gasteiger partial charge in [0, 0.05) is 62.3 Å². The number of ether oxygens (including phenoxy) is 1. The number of piperazine rings is 1. The lowest BCUT2D eigenvalue weighted by Gasteiger charge is -2.39. The molecule has 0 aliphatic carbocycles. The first-order chi connectivity index (χ1) is 19.0. The standard InChI is InChI=1S/C24H33N5O.C7H12FN/c1-4-7-16-8-5-6-9-19(16)22-12-21-20(15-28(22)2)23(27-24(26-21)30-3)29-13-17-10-11-18(14-29)25-17;8-6-4-7-2-1-3-9(7)5-6/h5-6,8-9,17-18,22,25H,4,7,10-15H2,1-3H3;6-7H,1-5H2. The number of fused-ring (bicyclic) bond motifs is 4. The van der Waals surface area contributed by atoms with Crippen molar-refractivity contribution in [2.75, 3.05) is 45.2 Å². The van der Waals surface area contributed by atoms with E-state index >= 15 is 0 Å². The lowest BCUT2D eigenvalue weighted by molar-refractivity contribution is 0.212. The first-order valence-electron chi connectivity index (χ1n) is 15.1. The Hall–Kier alpha value is -2.29. The van der Waals surface area contributed by atoms with Crippen LogP contribution in [0.15, 0.2) is 24.3 Å². The minimum absolute atomic E-state index is 0.340. The van der Waals surface area contributed by atoms with Gasteiger partial charge in [0.25, 0.3) is 0 Å². The Bertz CT molecular complexity index is 1120. The largest absolute Gasteiger partial charge is 0.467 e. The second-order valence-corrected chi connectivity index (χ2v) is 12.2. The molecule has 5 unspecified atom stereocenters. The molecule has 5 aliphatic rings. The zero-order valence-electron chi connectivity index (χ0n) is 23.9. The normalized spacial score (nSPS) is 30.1. The van der Waals surface area contributed by atoms with Gasteiger partial charge in [-0.3, -0.25) is 9.80 Å². The van der Waals surface area contributed by atoms with Gasteiger partial charge in [0.15, 0.2) is 0 Å². The highest BCUT2D eigenvalue weighted by Gasteiger charge is 2.37. The fourth-order valence-electron chi connectivity index (χ4n) is 7.58. The van der Waals surface area contributed by atoms with E-state index in [2.05, 4.69) is 58.3 Å². The summed E-state index contributed by atoms with van der Waals surface area (Å²) in [6.07, 6.45) is 8.53. The Morgan fingerprint density at radius 3 is 2.62 bits per heavy atom. The first kappa shape index (κ1) is 26.9. The van der Waals surface area contributed by atoms with E-state index in [1.807, 2.05) is 0 Å². The number of aromatic nitrogens is 2. The number of hydrogen-bond acceptors (Lipinski definition) is 7. The van der Waals surface area contributed by atoms with Crippen molar-refractivity contribution in [3.63, 3.8) is 0 Å². The molecule has 0 spiro atoms. The molecule has 1 aromatic heterocycles. The fraction of sp³-hybridized carbons (Fsp3) is 0.677. The van der Waals surface area contributed by atoms with E-state index in [9.17, 15) is 4.39 Å². The molecule has 2 aromatic rings. The number of rotatable bonds is 5. The summed E-state index contributed by atoms with van der Waals surface area (Å²) in [5.74, 6) is 1.09. The topological polar surface area (TPSA) is 56.8 Å². The molecule has 8 heteroatoms. The van der Waals surface area contributed by atoms with Gasteiger partial charge in [0.1, 0.15) is 12.0 Å². The molecular formula is C31H45FN6O. The van der Waals surface area contributed by atoms with Gasteiger partial charge in [0.2, 0.25) is 0 Å². The van der Waals surface area contributed by atoms with E-state index in [0.717, 1.165) is 63.4 Å². The maximum Gasteiger partial charge on any atom is 0.318 e. The van der Waals surface area contributed by atoms with E-state index < -0.39 is 6.17 Å². The van der Waals surface area contributed by atoms with Crippen LogP contribution in [0.2, 0.25) is 0 Å². The number of aryl methyl sites for hydroxylation is 1. The Balaban J connectivity index is 0.000000258. The molecule has 5 atom stereocenters.